The quantitative estimate of drug-likeness (QED) is 0.461. The zero-order valence-corrected chi connectivity index (χ0v) is 6.50. The second-order valence-corrected chi connectivity index (χ2v) is 2.53. The molecule has 1 aromatic rings. The van der Waals surface area contributed by atoms with E-state index in [-0.39, 0.29) is 0 Å². The molecular formula is C6H3BrN2O. The minimum atomic E-state index is 0.465. The number of rotatable bonds is 0. The molecule has 0 unspecified atom stereocenters. The molecule has 0 spiro atoms. The molecule has 3 nitrogen and oxygen atoms in total. The van der Waals surface area contributed by atoms with E-state index in [4.69, 9.17) is 5.26 Å². The van der Waals surface area contributed by atoms with Crippen LogP contribution in [-0.4, -0.2) is 0 Å². The smallest absolute Gasteiger partial charge is 0.195 e. The molecule has 0 fully saturated rings. The van der Waals surface area contributed by atoms with E-state index < -0.39 is 0 Å². The molecule has 0 aliphatic carbocycles. The van der Waals surface area contributed by atoms with Crippen LogP contribution in [0.3, 0.4) is 0 Å². The lowest BCUT2D eigenvalue weighted by Crippen LogP contribution is -2.24. The average molecular weight is 199 g/mol. The van der Waals surface area contributed by atoms with Crippen molar-refractivity contribution in [2.45, 2.75) is 0 Å². The molecule has 1 heterocycles. The summed E-state index contributed by atoms with van der Waals surface area (Å²) in [6.07, 6.45) is 2.57. The average Bonchev–Trinajstić information content (AvgIpc) is 1.88. The van der Waals surface area contributed by atoms with Gasteiger partial charge in [0.1, 0.15) is 10.5 Å². The Bertz CT molecular complexity index is 292. The standard InChI is InChI=1S/C6H3BrN2O/c7-6-4-9(10)2-1-5(6)3-8/h1-2,4H. The molecule has 0 aliphatic heterocycles. The van der Waals surface area contributed by atoms with Crippen LogP contribution in [0, 0.1) is 16.5 Å². The van der Waals surface area contributed by atoms with Crippen LogP contribution in [0.25, 0.3) is 0 Å². The summed E-state index contributed by atoms with van der Waals surface area (Å²) in [5.41, 5.74) is 0.465. The summed E-state index contributed by atoms with van der Waals surface area (Å²) in [4.78, 5) is 0. The van der Waals surface area contributed by atoms with Crippen LogP contribution in [0.1, 0.15) is 5.56 Å². The molecule has 0 saturated carbocycles. The third kappa shape index (κ3) is 1.25. The minimum absolute atomic E-state index is 0.465. The van der Waals surface area contributed by atoms with Gasteiger partial charge in [-0.2, -0.15) is 9.99 Å². The Labute approximate surface area is 66.2 Å². The summed E-state index contributed by atoms with van der Waals surface area (Å²) in [5.74, 6) is 0. The SMILES string of the molecule is N#Cc1cc[n+]([O-])cc1Br. The Morgan fingerprint density at radius 1 is 1.70 bits per heavy atom. The van der Waals surface area contributed by atoms with Gasteiger partial charge in [0, 0.05) is 6.07 Å². The molecule has 10 heavy (non-hydrogen) atoms. The zero-order valence-electron chi connectivity index (χ0n) is 4.91. The van der Waals surface area contributed by atoms with Gasteiger partial charge in [0.05, 0.1) is 5.56 Å². The third-order valence-corrected chi connectivity index (χ3v) is 1.64. The highest BCUT2D eigenvalue weighted by molar-refractivity contribution is 9.10. The van der Waals surface area contributed by atoms with Gasteiger partial charge in [-0.3, -0.25) is 0 Å². The van der Waals surface area contributed by atoms with Gasteiger partial charge in [-0.15, -0.1) is 0 Å². The van der Waals surface area contributed by atoms with Crippen molar-refractivity contribution in [2.75, 3.05) is 0 Å². The van der Waals surface area contributed by atoms with Crippen molar-refractivity contribution >= 4 is 15.9 Å². The van der Waals surface area contributed by atoms with Crippen LogP contribution < -0.4 is 4.73 Å². The lowest BCUT2D eigenvalue weighted by atomic mass is 10.3. The summed E-state index contributed by atoms with van der Waals surface area (Å²) in [6, 6.07) is 3.38. The Balaban J connectivity index is 3.23. The van der Waals surface area contributed by atoms with Crippen LogP contribution in [-0.2, 0) is 0 Å². The van der Waals surface area contributed by atoms with Crippen LogP contribution in [0.2, 0.25) is 0 Å². The van der Waals surface area contributed by atoms with Crippen molar-refractivity contribution in [3.8, 4) is 6.07 Å². The molecule has 0 N–H and O–H groups in total. The summed E-state index contributed by atoms with van der Waals surface area (Å²) in [7, 11) is 0. The molecule has 0 amide bonds. The normalized spacial score (nSPS) is 8.80. The van der Waals surface area contributed by atoms with Crippen molar-refractivity contribution in [3.63, 3.8) is 0 Å². The summed E-state index contributed by atoms with van der Waals surface area (Å²) in [6.45, 7) is 0. The van der Waals surface area contributed by atoms with E-state index in [9.17, 15) is 5.21 Å². The lowest BCUT2D eigenvalue weighted by Gasteiger charge is -1.94. The van der Waals surface area contributed by atoms with Gasteiger partial charge >= 0.3 is 0 Å². The number of hydrogen-bond acceptors (Lipinski definition) is 2. The molecule has 0 radical (unpaired) electrons. The van der Waals surface area contributed by atoms with Gasteiger partial charge in [-0.25, -0.2) is 0 Å². The molecule has 0 atom stereocenters. The fourth-order valence-electron chi connectivity index (χ4n) is 0.543. The number of nitriles is 1. The second-order valence-electron chi connectivity index (χ2n) is 1.68. The molecule has 4 heteroatoms. The highest BCUT2D eigenvalue weighted by Crippen LogP contribution is 2.11. The Morgan fingerprint density at radius 2 is 2.40 bits per heavy atom. The largest absolute Gasteiger partial charge is 0.619 e. The maximum atomic E-state index is 10.5. The summed E-state index contributed by atoms with van der Waals surface area (Å²) in [5, 5.41) is 19.0. The molecule has 0 aromatic carbocycles. The van der Waals surface area contributed by atoms with E-state index in [1.165, 1.54) is 18.5 Å². The maximum Gasteiger partial charge on any atom is 0.195 e. The molecule has 0 bridgehead atoms. The third-order valence-electron chi connectivity index (χ3n) is 1.01. The zero-order chi connectivity index (χ0) is 7.56. The van der Waals surface area contributed by atoms with Crippen molar-refractivity contribution in [3.05, 3.63) is 33.7 Å². The molecular weight excluding hydrogens is 196 g/mol. The van der Waals surface area contributed by atoms with Crippen LogP contribution >= 0.6 is 15.9 Å². The first-order valence-corrected chi connectivity index (χ1v) is 3.32. The molecule has 0 saturated heterocycles. The Hall–Kier alpha value is -1.08. The first-order chi connectivity index (χ1) is 4.74. The monoisotopic (exact) mass is 198 g/mol. The van der Waals surface area contributed by atoms with E-state index in [0.29, 0.717) is 14.8 Å². The summed E-state index contributed by atoms with van der Waals surface area (Å²) < 4.78 is 1.15. The number of pyridine rings is 1. The minimum Gasteiger partial charge on any atom is -0.619 e. The molecule has 50 valence electrons. The number of hydrogen-bond donors (Lipinski definition) is 0. The predicted molar refractivity (Wildman–Crippen MR) is 37.8 cm³/mol. The Morgan fingerprint density at radius 3 is 2.90 bits per heavy atom. The molecule has 0 aliphatic rings. The van der Waals surface area contributed by atoms with E-state index in [1.807, 2.05) is 6.07 Å². The van der Waals surface area contributed by atoms with E-state index >= 15 is 0 Å². The van der Waals surface area contributed by atoms with Gasteiger partial charge in [0.2, 0.25) is 0 Å². The number of aromatic nitrogens is 1. The molecule has 1 aromatic heterocycles. The van der Waals surface area contributed by atoms with Gasteiger partial charge < -0.3 is 5.21 Å². The van der Waals surface area contributed by atoms with Crippen LogP contribution in [0.4, 0.5) is 0 Å². The van der Waals surface area contributed by atoms with E-state index in [0.717, 1.165) is 0 Å². The van der Waals surface area contributed by atoms with Crippen LogP contribution in [0.5, 0.6) is 0 Å². The second kappa shape index (κ2) is 2.67. The first kappa shape index (κ1) is 7.03. The van der Waals surface area contributed by atoms with Gasteiger partial charge in [0.15, 0.2) is 12.4 Å². The van der Waals surface area contributed by atoms with Crippen molar-refractivity contribution in [2.24, 2.45) is 0 Å². The number of halogens is 1. The van der Waals surface area contributed by atoms with Crippen molar-refractivity contribution < 1.29 is 4.73 Å². The maximum absolute atomic E-state index is 10.5. The number of nitrogens with zero attached hydrogens (tertiary/aromatic N) is 2. The van der Waals surface area contributed by atoms with Crippen LogP contribution in [0.15, 0.2) is 22.9 Å². The molecule has 1 rings (SSSR count). The van der Waals surface area contributed by atoms with Crippen molar-refractivity contribution in [1.29, 1.82) is 5.26 Å². The van der Waals surface area contributed by atoms with Gasteiger partial charge in [-0.05, 0) is 15.9 Å². The summed E-state index contributed by atoms with van der Waals surface area (Å²) >= 11 is 3.06. The first-order valence-electron chi connectivity index (χ1n) is 2.52. The fraction of sp³-hybridized carbons (Fsp3) is 0. The predicted octanol–water partition coefficient (Wildman–Crippen LogP) is 0.954. The Kier molecular flexibility index (Phi) is 1.88. The van der Waals surface area contributed by atoms with E-state index in [1.54, 1.807) is 0 Å². The van der Waals surface area contributed by atoms with Crippen molar-refractivity contribution in [1.82, 2.24) is 0 Å². The van der Waals surface area contributed by atoms with E-state index in [2.05, 4.69) is 15.9 Å². The van der Waals surface area contributed by atoms with Gasteiger partial charge in [-0.1, -0.05) is 0 Å². The highest BCUT2D eigenvalue weighted by Gasteiger charge is 2.00. The topological polar surface area (TPSA) is 50.7 Å². The van der Waals surface area contributed by atoms with Gasteiger partial charge in [0.25, 0.3) is 0 Å². The lowest BCUT2D eigenvalue weighted by molar-refractivity contribution is -0.606. The fourth-order valence-corrected chi connectivity index (χ4v) is 0.965. The highest BCUT2D eigenvalue weighted by atomic mass is 79.9.